The molecule has 2 aliphatic rings. The lowest BCUT2D eigenvalue weighted by Gasteiger charge is -2.43. The Hall–Kier alpha value is -1.40. The lowest BCUT2D eigenvalue weighted by molar-refractivity contribution is -0.118. The van der Waals surface area contributed by atoms with Crippen molar-refractivity contribution in [1.82, 2.24) is 4.90 Å². The molecule has 3 rings (SSSR count). The van der Waals surface area contributed by atoms with Crippen molar-refractivity contribution in [2.24, 2.45) is 5.41 Å². The number of nitrogens with zero attached hydrogens (tertiary/aromatic N) is 1. The molecule has 1 fully saturated rings. The van der Waals surface area contributed by atoms with E-state index in [1.165, 1.54) is 12.8 Å². The molecule has 1 N–H and O–H groups in total. The van der Waals surface area contributed by atoms with Crippen LogP contribution in [0.5, 0.6) is 0 Å². The fraction of sp³-hybridized carbons (Fsp3) is 0.526. The van der Waals surface area contributed by atoms with Gasteiger partial charge in [-0.3, -0.25) is 9.69 Å². The molecule has 3 nitrogen and oxygen atoms in total. The zero-order valence-corrected chi connectivity index (χ0v) is 15.0. The van der Waals surface area contributed by atoms with Gasteiger partial charge in [0.05, 0.1) is 12.2 Å². The quantitative estimate of drug-likeness (QED) is 0.602. The molecule has 25 heavy (non-hydrogen) atoms. The van der Waals surface area contributed by atoms with Crippen LogP contribution in [0, 0.1) is 5.41 Å². The van der Waals surface area contributed by atoms with Crippen molar-refractivity contribution in [2.45, 2.75) is 42.8 Å². The van der Waals surface area contributed by atoms with Crippen LogP contribution in [0.15, 0.2) is 41.3 Å². The molecule has 1 spiro atoms. The van der Waals surface area contributed by atoms with E-state index in [1.54, 1.807) is 24.3 Å². The Morgan fingerprint density at radius 3 is 2.88 bits per heavy atom. The van der Waals surface area contributed by atoms with E-state index in [4.69, 9.17) is 0 Å². The Morgan fingerprint density at radius 2 is 2.12 bits per heavy atom. The van der Waals surface area contributed by atoms with Crippen molar-refractivity contribution < 1.29 is 13.6 Å². The third kappa shape index (κ3) is 5.05. The second-order valence-electron chi connectivity index (χ2n) is 6.95. The number of piperidine rings is 1. The molecule has 1 aromatic rings. The van der Waals surface area contributed by atoms with Gasteiger partial charge in [-0.05, 0) is 56.2 Å². The first kappa shape index (κ1) is 18.4. The SMILES string of the molecule is O=C(CN1CCC[C@@]2(CC=CCC2)C1)Nc1ccccc1SC(F)F. The maximum atomic E-state index is 12.6. The van der Waals surface area contributed by atoms with Crippen molar-refractivity contribution >= 4 is 23.4 Å². The molecule has 1 saturated heterocycles. The van der Waals surface area contributed by atoms with E-state index in [-0.39, 0.29) is 5.91 Å². The van der Waals surface area contributed by atoms with Gasteiger partial charge in [-0.2, -0.15) is 8.78 Å². The summed E-state index contributed by atoms with van der Waals surface area (Å²) < 4.78 is 25.3. The number of hydrogen-bond acceptors (Lipinski definition) is 3. The molecule has 1 heterocycles. The second-order valence-corrected chi connectivity index (χ2v) is 7.98. The number of nitrogens with one attached hydrogen (secondary N) is 1. The molecule has 1 atom stereocenters. The standard InChI is InChI=1S/C19H24F2N2OS/c20-18(21)25-16-8-3-2-7-15(16)22-17(24)13-23-12-6-11-19(14-23)9-4-1-5-10-19/h1-4,7-8,18H,5-6,9-14H2,(H,22,24)/t19-/m0/s1. The monoisotopic (exact) mass is 366 g/mol. The van der Waals surface area contributed by atoms with Crippen LogP contribution < -0.4 is 5.32 Å². The lowest BCUT2D eigenvalue weighted by atomic mass is 9.71. The number of allylic oxidation sites excluding steroid dienone is 2. The van der Waals surface area contributed by atoms with Crippen LogP contribution in [0.4, 0.5) is 14.5 Å². The van der Waals surface area contributed by atoms with Crippen molar-refractivity contribution in [2.75, 3.05) is 25.0 Å². The van der Waals surface area contributed by atoms with Gasteiger partial charge in [-0.15, -0.1) is 0 Å². The Balaban J connectivity index is 1.58. The molecule has 6 heteroatoms. The van der Waals surface area contributed by atoms with Gasteiger partial charge in [0.25, 0.3) is 5.76 Å². The number of carbonyl (C=O) groups excluding carboxylic acids is 1. The fourth-order valence-electron chi connectivity index (χ4n) is 3.92. The largest absolute Gasteiger partial charge is 0.324 e. The predicted molar refractivity (Wildman–Crippen MR) is 98.0 cm³/mol. The number of para-hydroxylation sites is 1. The third-order valence-electron chi connectivity index (χ3n) is 5.04. The molecule has 136 valence electrons. The van der Waals surface area contributed by atoms with Crippen LogP contribution >= 0.6 is 11.8 Å². The third-order valence-corrected chi connectivity index (χ3v) is 5.83. The molecule has 0 radical (unpaired) electrons. The lowest BCUT2D eigenvalue weighted by Crippen LogP contribution is -2.46. The highest BCUT2D eigenvalue weighted by atomic mass is 32.2. The summed E-state index contributed by atoms with van der Waals surface area (Å²) in [5.74, 6) is -2.63. The van der Waals surface area contributed by atoms with Crippen molar-refractivity contribution in [3.05, 3.63) is 36.4 Å². The van der Waals surface area contributed by atoms with Crippen LogP contribution in [-0.2, 0) is 4.79 Å². The van der Waals surface area contributed by atoms with E-state index >= 15 is 0 Å². The fourth-order valence-corrected chi connectivity index (χ4v) is 4.52. The first-order valence-corrected chi connectivity index (χ1v) is 9.65. The normalized spacial score (nSPS) is 24.0. The minimum atomic E-state index is -2.50. The van der Waals surface area contributed by atoms with Crippen molar-refractivity contribution in [3.8, 4) is 0 Å². The van der Waals surface area contributed by atoms with Crippen LogP contribution in [0.2, 0.25) is 0 Å². The summed E-state index contributed by atoms with van der Waals surface area (Å²) in [5.41, 5.74) is 0.779. The summed E-state index contributed by atoms with van der Waals surface area (Å²) in [4.78, 5) is 15.0. The van der Waals surface area contributed by atoms with Crippen molar-refractivity contribution in [1.29, 1.82) is 0 Å². The molecule has 1 amide bonds. The number of amides is 1. The van der Waals surface area contributed by atoms with Crippen LogP contribution in [0.3, 0.4) is 0 Å². The number of anilines is 1. The summed E-state index contributed by atoms with van der Waals surface area (Å²) in [6.07, 6.45) is 10.3. The minimum absolute atomic E-state index is 0.134. The molecular formula is C19H24F2N2OS. The molecule has 0 bridgehead atoms. The van der Waals surface area contributed by atoms with Gasteiger partial charge >= 0.3 is 0 Å². The summed E-state index contributed by atoms with van der Waals surface area (Å²) in [6.45, 7) is 2.18. The van der Waals surface area contributed by atoms with E-state index in [0.717, 1.165) is 32.4 Å². The van der Waals surface area contributed by atoms with E-state index in [1.807, 2.05) is 0 Å². The number of hydrogen-bond donors (Lipinski definition) is 1. The number of alkyl halides is 2. The Labute approximate surface area is 151 Å². The number of carbonyl (C=O) groups is 1. The van der Waals surface area contributed by atoms with E-state index < -0.39 is 5.76 Å². The zero-order valence-electron chi connectivity index (χ0n) is 14.2. The van der Waals surface area contributed by atoms with E-state index in [9.17, 15) is 13.6 Å². The molecule has 1 aliphatic heterocycles. The van der Waals surface area contributed by atoms with E-state index in [0.29, 0.717) is 34.3 Å². The molecule has 1 aromatic carbocycles. The number of benzene rings is 1. The molecule has 0 unspecified atom stereocenters. The second kappa shape index (κ2) is 8.32. The van der Waals surface area contributed by atoms with Gasteiger partial charge in [-0.1, -0.05) is 36.0 Å². The number of halogens is 2. The van der Waals surface area contributed by atoms with Gasteiger partial charge < -0.3 is 5.32 Å². The highest BCUT2D eigenvalue weighted by molar-refractivity contribution is 7.99. The topological polar surface area (TPSA) is 32.3 Å². The van der Waals surface area contributed by atoms with Gasteiger partial charge in [0.15, 0.2) is 0 Å². The maximum absolute atomic E-state index is 12.6. The van der Waals surface area contributed by atoms with Gasteiger partial charge in [0.1, 0.15) is 0 Å². The average Bonchev–Trinajstić information content (AvgIpc) is 2.57. The first-order chi connectivity index (χ1) is 12.1. The minimum Gasteiger partial charge on any atom is -0.324 e. The molecule has 0 aromatic heterocycles. The summed E-state index contributed by atoms with van der Waals surface area (Å²) in [6, 6.07) is 6.73. The summed E-state index contributed by atoms with van der Waals surface area (Å²) in [7, 11) is 0. The Bertz CT molecular complexity index is 638. The number of likely N-dealkylation sites (tertiary alicyclic amines) is 1. The smallest absolute Gasteiger partial charge is 0.288 e. The number of rotatable bonds is 5. The van der Waals surface area contributed by atoms with E-state index in [2.05, 4.69) is 22.4 Å². The van der Waals surface area contributed by atoms with Crippen molar-refractivity contribution in [3.63, 3.8) is 0 Å². The van der Waals surface area contributed by atoms with Crippen LogP contribution in [-0.4, -0.2) is 36.2 Å². The Kier molecular flexibility index (Phi) is 6.12. The highest BCUT2D eigenvalue weighted by Crippen LogP contribution is 2.40. The molecular weight excluding hydrogens is 342 g/mol. The zero-order chi connectivity index (χ0) is 17.7. The summed E-state index contributed by atoms with van der Waals surface area (Å²) >= 11 is 0.461. The Morgan fingerprint density at radius 1 is 1.28 bits per heavy atom. The first-order valence-electron chi connectivity index (χ1n) is 8.77. The average molecular weight is 366 g/mol. The molecule has 1 aliphatic carbocycles. The van der Waals surface area contributed by atoms with Gasteiger partial charge in [0.2, 0.25) is 5.91 Å². The van der Waals surface area contributed by atoms with Gasteiger partial charge in [-0.25, -0.2) is 0 Å². The summed E-state index contributed by atoms with van der Waals surface area (Å²) in [5, 5.41) is 2.81. The number of thioether (sulfide) groups is 1. The maximum Gasteiger partial charge on any atom is 0.288 e. The van der Waals surface area contributed by atoms with Crippen LogP contribution in [0.1, 0.15) is 32.1 Å². The highest BCUT2D eigenvalue weighted by Gasteiger charge is 2.35. The van der Waals surface area contributed by atoms with Gasteiger partial charge in [0, 0.05) is 11.4 Å². The predicted octanol–water partition coefficient (Wildman–Crippen LogP) is 4.76. The van der Waals surface area contributed by atoms with Crippen LogP contribution in [0.25, 0.3) is 0 Å². The molecule has 0 saturated carbocycles.